The summed E-state index contributed by atoms with van der Waals surface area (Å²) in [6.07, 6.45) is 13.4. The molecule has 0 radical (unpaired) electrons. The first-order valence-corrected chi connectivity index (χ1v) is 8.50. The summed E-state index contributed by atoms with van der Waals surface area (Å²) < 4.78 is 0. The maximum Gasteiger partial charge on any atom is 0.284 e. The largest absolute Gasteiger partial charge is 0.356 e. The number of amides is 2. The summed E-state index contributed by atoms with van der Waals surface area (Å²) in [5.41, 5.74) is 2.74. The van der Waals surface area contributed by atoms with Gasteiger partial charge in [-0.1, -0.05) is 23.6 Å². The Hall–Kier alpha value is -2.36. The van der Waals surface area contributed by atoms with Gasteiger partial charge >= 0.3 is 0 Å². The number of aryl methyl sites for hydroxylation is 1. The smallest absolute Gasteiger partial charge is 0.284 e. The molecule has 0 unspecified atom stereocenters. The van der Waals surface area contributed by atoms with Gasteiger partial charge in [0.1, 0.15) is 0 Å². The highest BCUT2D eigenvalue weighted by atomic mass is 32.1. The van der Waals surface area contributed by atoms with Crippen molar-refractivity contribution in [1.82, 2.24) is 10.8 Å². The monoisotopic (exact) mass is 346 g/mol. The second kappa shape index (κ2) is 11.2. The highest BCUT2D eigenvalue weighted by Crippen LogP contribution is 2.17. The zero-order valence-electron chi connectivity index (χ0n) is 13.7. The predicted octanol–water partition coefficient (Wildman–Crippen LogP) is 2.83. The van der Waals surface area contributed by atoms with Crippen LogP contribution in [0.15, 0.2) is 35.9 Å². The number of allylic oxidation sites excluding steroid dienone is 4. The zero-order chi connectivity index (χ0) is 17.8. The fourth-order valence-electron chi connectivity index (χ4n) is 2.01. The Morgan fingerprint density at radius 1 is 1.38 bits per heavy atom. The van der Waals surface area contributed by atoms with Crippen LogP contribution >= 0.6 is 11.3 Å². The highest BCUT2D eigenvalue weighted by Gasteiger charge is 2.09. The molecule has 3 N–H and O–H groups in total. The van der Waals surface area contributed by atoms with E-state index in [1.807, 2.05) is 19.1 Å². The summed E-state index contributed by atoms with van der Waals surface area (Å²) in [5.74, 6) is 1.91. The average molecular weight is 346 g/mol. The van der Waals surface area contributed by atoms with Crippen LogP contribution in [-0.2, 0) is 11.2 Å². The minimum absolute atomic E-state index is 0.0160. The standard InChI is InChI=1S/C18H22N2O3S/c1-3-5-7-14(4-2)8-6-13-19-17(21)12-10-15-9-11-16(24-15)18(22)20-23/h1,4-5,7,9,11,23H,6,8,10,12-13H2,2H3,(H,19,21)(H,20,22)/b7-5-,14-4+. The van der Waals surface area contributed by atoms with Gasteiger partial charge in [-0.3, -0.25) is 14.8 Å². The van der Waals surface area contributed by atoms with Gasteiger partial charge in [0.05, 0.1) is 4.88 Å². The summed E-state index contributed by atoms with van der Waals surface area (Å²) in [7, 11) is 0. The number of carbonyl (C=O) groups is 2. The molecule has 128 valence electrons. The zero-order valence-corrected chi connectivity index (χ0v) is 14.5. The van der Waals surface area contributed by atoms with Gasteiger partial charge in [-0.05, 0) is 44.4 Å². The molecule has 24 heavy (non-hydrogen) atoms. The molecule has 0 fully saturated rings. The molecule has 0 aliphatic rings. The minimum Gasteiger partial charge on any atom is -0.356 e. The molecule has 6 heteroatoms. The van der Waals surface area contributed by atoms with E-state index in [1.165, 1.54) is 11.3 Å². The maximum absolute atomic E-state index is 11.8. The number of rotatable bonds is 9. The number of nitrogens with one attached hydrogen (secondary N) is 2. The molecule has 1 aromatic heterocycles. The van der Waals surface area contributed by atoms with E-state index in [0.29, 0.717) is 24.3 Å². The molecule has 2 amide bonds. The molecule has 0 spiro atoms. The van der Waals surface area contributed by atoms with Gasteiger partial charge in [0.2, 0.25) is 5.91 Å². The van der Waals surface area contributed by atoms with Crippen molar-refractivity contribution in [3.8, 4) is 12.3 Å². The Kier molecular flexibility index (Phi) is 9.20. The molecule has 1 rings (SSSR count). The van der Waals surface area contributed by atoms with E-state index in [1.54, 1.807) is 23.7 Å². The van der Waals surface area contributed by atoms with Gasteiger partial charge in [0, 0.05) is 17.8 Å². The fourth-order valence-corrected chi connectivity index (χ4v) is 2.91. The third-order valence-corrected chi connectivity index (χ3v) is 4.46. The lowest BCUT2D eigenvalue weighted by molar-refractivity contribution is -0.121. The van der Waals surface area contributed by atoms with Gasteiger partial charge in [0.15, 0.2) is 0 Å². The number of carbonyl (C=O) groups excluding carboxylic acids is 2. The van der Waals surface area contributed by atoms with Crippen molar-refractivity contribution >= 4 is 23.2 Å². The molecule has 0 bridgehead atoms. The lowest BCUT2D eigenvalue weighted by atomic mass is 10.1. The minimum atomic E-state index is -0.533. The highest BCUT2D eigenvalue weighted by molar-refractivity contribution is 7.14. The first kappa shape index (κ1) is 19.7. The normalized spacial score (nSPS) is 11.3. The van der Waals surface area contributed by atoms with Gasteiger partial charge in [0.25, 0.3) is 5.91 Å². The average Bonchev–Trinajstić information content (AvgIpc) is 3.07. The fraction of sp³-hybridized carbons (Fsp3) is 0.333. The van der Waals surface area contributed by atoms with Crippen molar-refractivity contribution in [3.63, 3.8) is 0 Å². The SMILES string of the molecule is C#C/C=C\C(=C/C)CCCNC(=O)CCc1ccc(C(=O)NO)s1. The second-order valence-corrected chi connectivity index (χ2v) is 6.19. The quantitative estimate of drug-likeness (QED) is 0.211. The number of hydrogen-bond donors (Lipinski definition) is 3. The van der Waals surface area contributed by atoms with E-state index < -0.39 is 5.91 Å². The Morgan fingerprint density at radius 2 is 2.17 bits per heavy atom. The van der Waals surface area contributed by atoms with Crippen molar-refractivity contribution in [1.29, 1.82) is 0 Å². The lowest BCUT2D eigenvalue weighted by Crippen LogP contribution is -2.24. The van der Waals surface area contributed by atoms with Crippen molar-refractivity contribution in [2.45, 2.75) is 32.6 Å². The summed E-state index contributed by atoms with van der Waals surface area (Å²) in [5, 5.41) is 11.4. The van der Waals surface area contributed by atoms with Gasteiger partial charge in [-0.25, -0.2) is 5.48 Å². The lowest BCUT2D eigenvalue weighted by Gasteiger charge is -2.05. The first-order valence-electron chi connectivity index (χ1n) is 7.68. The Bertz CT molecular complexity index is 653. The van der Waals surface area contributed by atoms with E-state index in [9.17, 15) is 9.59 Å². The van der Waals surface area contributed by atoms with E-state index in [2.05, 4.69) is 11.2 Å². The molecule has 0 saturated carbocycles. The molecule has 5 nitrogen and oxygen atoms in total. The van der Waals surface area contributed by atoms with E-state index in [-0.39, 0.29) is 5.91 Å². The van der Waals surface area contributed by atoms with Crippen LogP contribution in [0.5, 0.6) is 0 Å². The maximum atomic E-state index is 11.8. The van der Waals surface area contributed by atoms with Crippen LogP contribution in [0.25, 0.3) is 0 Å². The molecular formula is C18H22N2O3S. The summed E-state index contributed by atoms with van der Waals surface area (Å²) in [6.45, 7) is 2.57. The van der Waals surface area contributed by atoms with Crippen LogP contribution < -0.4 is 10.8 Å². The third-order valence-electron chi connectivity index (χ3n) is 3.31. The third kappa shape index (κ3) is 7.27. The second-order valence-electron chi connectivity index (χ2n) is 5.02. The van der Waals surface area contributed by atoms with Crippen LogP contribution in [0.2, 0.25) is 0 Å². The van der Waals surface area contributed by atoms with Crippen LogP contribution in [0.4, 0.5) is 0 Å². The van der Waals surface area contributed by atoms with Crippen molar-refractivity contribution in [2.24, 2.45) is 0 Å². The summed E-state index contributed by atoms with van der Waals surface area (Å²) in [4.78, 5) is 24.4. The first-order chi connectivity index (χ1) is 11.6. The predicted molar refractivity (Wildman–Crippen MR) is 95.9 cm³/mol. The van der Waals surface area contributed by atoms with Crippen LogP contribution in [-0.4, -0.2) is 23.6 Å². The van der Waals surface area contributed by atoms with Crippen molar-refractivity contribution in [2.75, 3.05) is 6.54 Å². The van der Waals surface area contributed by atoms with E-state index in [0.717, 1.165) is 23.3 Å². The van der Waals surface area contributed by atoms with Gasteiger partial charge < -0.3 is 5.32 Å². The van der Waals surface area contributed by atoms with Crippen molar-refractivity contribution in [3.05, 3.63) is 45.7 Å². The van der Waals surface area contributed by atoms with Crippen LogP contribution in [0.3, 0.4) is 0 Å². The van der Waals surface area contributed by atoms with Crippen molar-refractivity contribution < 1.29 is 14.8 Å². The summed E-state index contributed by atoms with van der Waals surface area (Å²) >= 11 is 1.27. The molecule has 1 heterocycles. The van der Waals surface area contributed by atoms with Crippen LogP contribution in [0, 0.1) is 12.3 Å². The van der Waals surface area contributed by atoms with E-state index >= 15 is 0 Å². The Balaban J connectivity index is 2.25. The van der Waals surface area contributed by atoms with Gasteiger partial charge in [-0.2, -0.15) is 0 Å². The number of hydrogen-bond acceptors (Lipinski definition) is 4. The topological polar surface area (TPSA) is 78.4 Å². The molecule has 0 aliphatic heterocycles. The number of hydroxylamine groups is 1. The summed E-state index contributed by atoms with van der Waals surface area (Å²) in [6, 6.07) is 3.42. The molecule has 0 atom stereocenters. The Labute approximate surface area is 146 Å². The van der Waals surface area contributed by atoms with Gasteiger partial charge in [-0.15, -0.1) is 17.8 Å². The molecule has 0 aliphatic carbocycles. The number of thiophene rings is 1. The molecule has 0 saturated heterocycles. The van der Waals surface area contributed by atoms with Crippen LogP contribution in [0.1, 0.15) is 40.7 Å². The molecule has 1 aromatic rings. The molecule has 0 aromatic carbocycles. The molecular weight excluding hydrogens is 324 g/mol. The van der Waals surface area contributed by atoms with E-state index in [4.69, 9.17) is 11.6 Å². The number of terminal acetylenes is 1. The Morgan fingerprint density at radius 3 is 2.83 bits per heavy atom.